The Bertz CT molecular complexity index is 1340. The van der Waals surface area contributed by atoms with Crippen LogP contribution in [0, 0.1) is 18.4 Å². The maximum Gasteiger partial charge on any atom is 0.340 e. The first-order valence-electron chi connectivity index (χ1n) is 9.40. The molecule has 1 heterocycles. The fraction of sp³-hybridized carbons (Fsp3) is 0.227. The van der Waals surface area contributed by atoms with Crippen molar-refractivity contribution in [3.63, 3.8) is 0 Å². The van der Waals surface area contributed by atoms with Crippen molar-refractivity contribution in [2.24, 2.45) is 5.14 Å². The Hall–Kier alpha value is -2.86. The lowest BCUT2D eigenvalue weighted by molar-refractivity contribution is 0.551. The van der Waals surface area contributed by atoms with Crippen LogP contribution in [0.25, 0.3) is 11.0 Å². The van der Waals surface area contributed by atoms with Gasteiger partial charge in [0.15, 0.2) is 0 Å². The number of aryl methyl sites for hydroxylation is 1. The molecular weight excluding hydrogens is 416 g/mol. The molecule has 0 spiro atoms. The zero-order valence-electron chi connectivity index (χ0n) is 17.4. The van der Waals surface area contributed by atoms with E-state index in [-0.39, 0.29) is 0 Å². The zero-order chi connectivity index (χ0) is 22.1. The van der Waals surface area contributed by atoms with E-state index in [0.717, 1.165) is 22.1 Å². The van der Waals surface area contributed by atoms with Gasteiger partial charge in [0.05, 0.1) is 5.69 Å². The minimum atomic E-state index is -3.87. The highest BCUT2D eigenvalue weighted by Gasteiger charge is 2.14. The van der Waals surface area contributed by atoms with E-state index in [4.69, 9.17) is 9.56 Å². The number of rotatable bonds is 4. The molecule has 8 heteroatoms. The van der Waals surface area contributed by atoms with Gasteiger partial charge < -0.3 is 4.42 Å². The molecule has 0 atom stereocenters. The quantitative estimate of drug-likeness (QED) is 0.368. The Morgan fingerprint density at radius 2 is 1.87 bits per heavy atom. The summed E-state index contributed by atoms with van der Waals surface area (Å²) in [5, 5.41) is 5.87. The lowest BCUT2D eigenvalue weighted by Crippen LogP contribution is -2.21. The van der Waals surface area contributed by atoms with Crippen LogP contribution in [0.5, 0.6) is 0 Å². The fourth-order valence-electron chi connectivity index (χ4n) is 3.04. The molecule has 2 aromatic carbocycles. The Labute approximate surface area is 177 Å². The summed E-state index contributed by atoms with van der Waals surface area (Å²) in [6, 6.07) is 12.3. The van der Waals surface area contributed by atoms with Gasteiger partial charge in [-0.15, -0.1) is 5.54 Å². The number of benzene rings is 2. The molecule has 3 rings (SSSR count). The fourth-order valence-corrected chi connectivity index (χ4v) is 4.02. The summed E-state index contributed by atoms with van der Waals surface area (Å²) < 4.78 is 30.3. The van der Waals surface area contributed by atoms with Crippen LogP contribution in [0.15, 0.2) is 51.7 Å². The van der Waals surface area contributed by atoms with Gasteiger partial charge in [-0.3, -0.25) is 4.72 Å². The van der Waals surface area contributed by atoms with Crippen LogP contribution in [-0.4, -0.2) is 16.5 Å². The van der Waals surface area contributed by atoms with Crippen molar-refractivity contribution in [3.05, 3.63) is 75.1 Å². The van der Waals surface area contributed by atoms with Crippen LogP contribution in [-0.2, 0) is 16.6 Å². The van der Waals surface area contributed by atoms with Crippen molar-refractivity contribution < 1.29 is 12.8 Å². The maximum absolute atomic E-state index is 12.6. The highest BCUT2D eigenvalue weighted by molar-refractivity contribution is 7.90. The van der Waals surface area contributed by atoms with E-state index in [2.05, 4.69) is 35.8 Å². The first-order chi connectivity index (χ1) is 13.9. The van der Waals surface area contributed by atoms with Gasteiger partial charge in [-0.25, -0.2) is 9.93 Å². The van der Waals surface area contributed by atoms with E-state index in [0.29, 0.717) is 23.3 Å². The topological polar surface area (TPSA) is 102 Å². The molecule has 0 amide bonds. The number of nitrogens with one attached hydrogen (secondary N) is 1. The number of fused-ring (bicyclic) bond motifs is 1. The van der Waals surface area contributed by atoms with Crippen molar-refractivity contribution in [1.82, 2.24) is 0 Å². The molecule has 0 saturated heterocycles. The van der Waals surface area contributed by atoms with E-state index in [9.17, 15) is 13.2 Å². The summed E-state index contributed by atoms with van der Waals surface area (Å²) in [6.07, 6.45) is 0.301. The molecule has 1 aromatic heterocycles. The Morgan fingerprint density at radius 1 is 1.13 bits per heavy atom. The average Bonchev–Trinajstić information content (AvgIpc) is 2.62. The summed E-state index contributed by atoms with van der Waals surface area (Å²) >= 11 is 0. The van der Waals surface area contributed by atoms with Crippen LogP contribution in [0.1, 0.15) is 22.3 Å². The molecular formula is C22H24N2O4SSi. The maximum atomic E-state index is 12.6. The van der Waals surface area contributed by atoms with Crippen LogP contribution in [0.2, 0.25) is 19.6 Å². The molecule has 3 N–H and O–H groups in total. The molecule has 30 heavy (non-hydrogen) atoms. The molecule has 3 aromatic rings. The SMILES string of the molecule is Cc1c(Cc2cccc(NS(N)(=O)=O)c2)c(=O)oc2ccc(C#C[Si](C)(C)C)cc12. The predicted octanol–water partition coefficient (Wildman–Crippen LogP) is 3.54. The smallest absolute Gasteiger partial charge is 0.340 e. The summed E-state index contributed by atoms with van der Waals surface area (Å²) in [6.45, 7) is 8.43. The lowest BCUT2D eigenvalue weighted by atomic mass is 9.98. The van der Waals surface area contributed by atoms with Gasteiger partial charge in [0.1, 0.15) is 13.7 Å². The van der Waals surface area contributed by atoms with Crippen LogP contribution in [0.3, 0.4) is 0 Å². The normalized spacial score (nSPS) is 11.8. The summed E-state index contributed by atoms with van der Waals surface area (Å²) in [7, 11) is -5.38. The van der Waals surface area contributed by atoms with E-state index in [1.165, 1.54) is 0 Å². The van der Waals surface area contributed by atoms with Gasteiger partial charge in [0.2, 0.25) is 0 Å². The van der Waals surface area contributed by atoms with Gasteiger partial charge in [-0.05, 0) is 48.4 Å². The predicted molar refractivity (Wildman–Crippen MR) is 123 cm³/mol. The minimum absolute atomic E-state index is 0.301. The van der Waals surface area contributed by atoms with Gasteiger partial charge in [-0.2, -0.15) is 8.42 Å². The molecule has 0 bridgehead atoms. The number of hydrogen-bond acceptors (Lipinski definition) is 4. The van der Waals surface area contributed by atoms with Crippen LogP contribution < -0.4 is 15.5 Å². The van der Waals surface area contributed by atoms with Crippen molar-refractivity contribution in [1.29, 1.82) is 0 Å². The van der Waals surface area contributed by atoms with E-state index in [1.807, 2.05) is 25.1 Å². The van der Waals surface area contributed by atoms with E-state index < -0.39 is 23.9 Å². The van der Waals surface area contributed by atoms with E-state index >= 15 is 0 Å². The second-order valence-electron chi connectivity index (χ2n) is 8.23. The third kappa shape index (κ3) is 5.60. The average molecular weight is 441 g/mol. The molecule has 6 nitrogen and oxygen atoms in total. The summed E-state index contributed by atoms with van der Waals surface area (Å²) in [5.74, 6) is 3.23. The number of nitrogens with two attached hydrogens (primary N) is 1. The van der Waals surface area contributed by atoms with Crippen molar-refractivity contribution in [2.75, 3.05) is 4.72 Å². The first-order valence-corrected chi connectivity index (χ1v) is 14.4. The van der Waals surface area contributed by atoms with Crippen molar-refractivity contribution in [2.45, 2.75) is 33.0 Å². The summed E-state index contributed by atoms with van der Waals surface area (Å²) in [5.41, 5.74) is 6.76. The molecule has 156 valence electrons. The minimum Gasteiger partial charge on any atom is -0.423 e. The summed E-state index contributed by atoms with van der Waals surface area (Å²) in [4.78, 5) is 12.6. The molecule has 0 radical (unpaired) electrons. The number of anilines is 1. The number of hydrogen-bond donors (Lipinski definition) is 2. The van der Waals surface area contributed by atoms with Gasteiger partial charge in [0, 0.05) is 22.9 Å². The zero-order valence-corrected chi connectivity index (χ0v) is 19.2. The highest BCUT2D eigenvalue weighted by Crippen LogP contribution is 2.23. The van der Waals surface area contributed by atoms with Crippen molar-refractivity contribution in [3.8, 4) is 11.5 Å². The van der Waals surface area contributed by atoms with Crippen LogP contribution >= 0.6 is 0 Å². The molecule has 0 saturated carbocycles. The van der Waals surface area contributed by atoms with Crippen LogP contribution in [0.4, 0.5) is 5.69 Å². The molecule has 0 unspecified atom stereocenters. The van der Waals surface area contributed by atoms with E-state index in [1.54, 1.807) is 24.3 Å². The van der Waals surface area contributed by atoms with Crippen molar-refractivity contribution >= 4 is 34.9 Å². The Morgan fingerprint density at radius 3 is 2.53 bits per heavy atom. The highest BCUT2D eigenvalue weighted by atomic mass is 32.2. The Kier molecular flexibility index (Phi) is 5.90. The second kappa shape index (κ2) is 8.11. The second-order valence-corrected chi connectivity index (χ2v) is 14.3. The first kappa shape index (κ1) is 21.8. The third-order valence-electron chi connectivity index (χ3n) is 4.44. The van der Waals surface area contributed by atoms with Gasteiger partial charge >= 0.3 is 5.63 Å². The van der Waals surface area contributed by atoms with Gasteiger partial charge in [0.25, 0.3) is 10.2 Å². The molecule has 0 aliphatic carbocycles. The Balaban J connectivity index is 2.03. The van der Waals surface area contributed by atoms with Gasteiger partial charge in [-0.1, -0.05) is 37.7 Å². The molecule has 0 aliphatic rings. The molecule has 0 fully saturated rings. The monoisotopic (exact) mass is 440 g/mol. The largest absolute Gasteiger partial charge is 0.423 e. The third-order valence-corrected chi connectivity index (χ3v) is 5.83. The molecule has 0 aliphatic heterocycles. The standard InChI is InChI=1S/C22H24N2O4SSi/c1-15-19-13-16(10-11-30(2,3)4)8-9-21(19)28-22(25)20(15)14-17-6-5-7-18(12-17)24-29(23,26)27/h5-9,12-13,24H,14H2,1-4H3,(H2,23,26,27). The lowest BCUT2D eigenvalue weighted by Gasteiger charge is -2.10.